The van der Waals surface area contributed by atoms with Crippen LogP contribution in [0.15, 0.2) is 40.9 Å². The quantitative estimate of drug-likeness (QED) is 0.771. The van der Waals surface area contributed by atoms with Crippen LogP contribution < -0.4 is 19.7 Å². The van der Waals surface area contributed by atoms with Gasteiger partial charge in [0.1, 0.15) is 0 Å². The second-order valence-corrected chi connectivity index (χ2v) is 7.77. The van der Waals surface area contributed by atoms with Gasteiger partial charge in [0.05, 0.1) is 10.6 Å². The summed E-state index contributed by atoms with van der Waals surface area (Å²) in [6, 6.07) is 10.6. The Bertz CT molecular complexity index is 921. The predicted molar refractivity (Wildman–Crippen MR) is 105 cm³/mol. The number of benzene rings is 2. The maximum absolute atomic E-state index is 12.4. The maximum Gasteiger partial charge on any atom is 0.252 e. The van der Waals surface area contributed by atoms with Crippen molar-refractivity contribution in [3.8, 4) is 11.5 Å². The monoisotopic (exact) mass is 450 g/mol. The van der Waals surface area contributed by atoms with E-state index >= 15 is 0 Å². The van der Waals surface area contributed by atoms with Crippen LogP contribution in [0.5, 0.6) is 11.5 Å². The number of hydrogen-bond acceptors (Lipinski definition) is 4. The van der Waals surface area contributed by atoms with Crippen LogP contribution in [-0.4, -0.2) is 31.7 Å². The number of fused-ring (bicyclic) bond motifs is 1. The molecular weight excluding hydrogens is 436 g/mol. The van der Waals surface area contributed by atoms with Crippen LogP contribution in [0, 0.1) is 5.92 Å². The van der Waals surface area contributed by atoms with Gasteiger partial charge in [-0.3, -0.25) is 9.59 Å². The minimum absolute atomic E-state index is 0.0219. The lowest BCUT2D eigenvalue weighted by Crippen LogP contribution is -2.31. The zero-order valence-corrected chi connectivity index (χ0v) is 16.5. The first-order valence-corrected chi connectivity index (χ1v) is 9.61. The molecule has 0 aromatic heterocycles. The molecule has 4 rings (SSSR count). The van der Waals surface area contributed by atoms with Crippen LogP contribution in [0.3, 0.4) is 0 Å². The summed E-state index contributed by atoms with van der Waals surface area (Å²) in [4.78, 5) is 26.5. The lowest BCUT2D eigenvalue weighted by Gasteiger charge is -2.17. The molecule has 1 atom stereocenters. The number of hydrogen-bond donors (Lipinski definition) is 1. The second kappa shape index (κ2) is 7.40. The third-order valence-corrected chi connectivity index (χ3v) is 5.42. The minimum atomic E-state index is -0.254. The van der Waals surface area contributed by atoms with E-state index in [4.69, 9.17) is 21.1 Å². The number of ether oxygens (including phenoxy) is 2. The summed E-state index contributed by atoms with van der Waals surface area (Å²) in [6.45, 7) is 1.12. The average Bonchev–Trinajstić information content (AvgIpc) is 3.27. The van der Waals surface area contributed by atoms with Gasteiger partial charge in [-0.15, -0.1) is 0 Å². The van der Waals surface area contributed by atoms with E-state index in [1.54, 1.807) is 29.2 Å². The van der Waals surface area contributed by atoms with E-state index in [2.05, 4.69) is 21.2 Å². The fraction of sp³-hybridized carbons (Fsp3) is 0.263. The number of rotatable bonds is 4. The Labute approximate surface area is 169 Å². The van der Waals surface area contributed by atoms with Crippen molar-refractivity contribution in [1.29, 1.82) is 0 Å². The van der Waals surface area contributed by atoms with Gasteiger partial charge in [0.2, 0.25) is 12.7 Å². The van der Waals surface area contributed by atoms with Crippen LogP contribution in [0.4, 0.5) is 5.69 Å². The molecule has 2 aliphatic heterocycles. The highest BCUT2D eigenvalue weighted by Crippen LogP contribution is 2.37. The smallest absolute Gasteiger partial charge is 0.252 e. The first-order chi connectivity index (χ1) is 13.0. The summed E-state index contributed by atoms with van der Waals surface area (Å²) in [5.74, 6) is 1.11. The molecule has 140 valence electrons. The van der Waals surface area contributed by atoms with Crippen LogP contribution in [0.25, 0.3) is 0 Å². The highest BCUT2D eigenvalue weighted by molar-refractivity contribution is 9.10. The molecule has 0 saturated carbocycles. The normalized spacial score (nSPS) is 18.1. The molecule has 1 fully saturated rings. The SMILES string of the molecule is O=C(NCC1CC(=O)N(c2ccc3c(c2)OCO3)C1)c1cc(Br)ccc1Cl. The van der Waals surface area contributed by atoms with Crippen molar-refractivity contribution in [2.24, 2.45) is 5.92 Å². The van der Waals surface area contributed by atoms with Gasteiger partial charge in [-0.25, -0.2) is 0 Å². The predicted octanol–water partition coefficient (Wildman–Crippen LogP) is 3.61. The zero-order valence-electron chi connectivity index (χ0n) is 14.2. The molecule has 2 aromatic rings. The number of carbonyl (C=O) groups excluding carboxylic acids is 2. The van der Waals surface area contributed by atoms with Crippen LogP contribution >= 0.6 is 27.5 Å². The molecular formula is C19H16BrClN2O4. The van der Waals surface area contributed by atoms with Gasteiger partial charge in [0.15, 0.2) is 11.5 Å². The van der Waals surface area contributed by atoms with Crippen molar-refractivity contribution in [3.63, 3.8) is 0 Å². The maximum atomic E-state index is 12.4. The number of anilines is 1. The number of carbonyl (C=O) groups is 2. The number of halogens is 2. The molecule has 27 heavy (non-hydrogen) atoms. The molecule has 1 saturated heterocycles. The highest BCUT2D eigenvalue weighted by Gasteiger charge is 2.31. The van der Waals surface area contributed by atoms with Gasteiger partial charge in [0.25, 0.3) is 5.91 Å². The molecule has 0 radical (unpaired) electrons. The molecule has 2 amide bonds. The Kier molecular flexibility index (Phi) is 4.97. The Morgan fingerprint density at radius 1 is 1.22 bits per heavy atom. The van der Waals surface area contributed by atoms with E-state index < -0.39 is 0 Å². The van der Waals surface area contributed by atoms with Gasteiger partial charge in [-0.1, -0.05) is 27.5 Å². The summed E-state index contributed by atoms with van der Waals surface area (Å²) < 4.78 is 11.5. The third kappa shape index (κ3) is 3.75. The van der Waals surface area contributed by atoms with E-state index in [1.165, 1.54) is 0 Å². The van der Waals surface area contributed by atoms with Crippen molar-refractivity contribution >= 4 is 45.0 Å². The summed E-state index contributed by atoms with van der Waals surface area (Å²) >= 11 is 9.43. The fourth-order valence-corrected chi connectivity index (χ4v) is 3.79. The van der Waals surface area contributed by atoms with Crippen LogP contribution in [0.1, 0.15) is 16.8 Å². The van der Waals surface area contributed by atoms with E-state index in [9.17, 15) is 9.59 Å². The third-order valence-electron chi connectivity index (χ3n) is 4.60. The summed E-state index contributed by atoms with van der Waals surface area (Å²) in [6.07, 6.45) is 0.376. The molecule has 2 aliphatic rings. The highest BCUT2D eigenvalue weighted by atomic mass is 79.9. The average molecular weight is 452 g/mol. The molecule has 1 N–H and O–H groups in total. The molecule has 8 heteroatoms. The Hall–Kier alpha value is -2.25. The number of amides is 2. The van der Waals surface area contributed by atoms with Crippen LogP contribution in [-0.2, 0) is 4.79 Å². The summed E-state index contributed by atoms with van der Waals surface area (Å²) in [5, 5.41) is 3.26. The molecule has 0 bridgehead atoms. The Balaban J connectivity index is 1.39. The van der Waals surface area contributed by atoms with E-state index in [-0.39, 0.29) is 24.5 Å². The van der Waals surface area contributed by atoms with E-state index in [0.29, 0.717) is 41.6 Å². The van der Waals surface area contributed by atoms with Gasteiger partial charge >= 0.3 is 0 Å². The van der Waals surface area contributed by atoms with Gasteiger partial charge in [0, 0.05) is 41.7 Å². The van der Waals surface area contributed by atoms with E-state index in [1.807, 2.05) is 12.1 Å². The molecule has 0 spiro atoms. The molecule has 2 heterocycles. The number of nitrogens with zero attached hydrogens (tertiary/aromatic N) is 1. The molecule has 1 unspecified atom stereocenters. The van der Waals surface area contributed by atoms with Crippen LogP contribution in [0.2, 0.25) is 5.02 Å². The van der Waals surface area contributed by atoms with E-state index in [0.717, 1.165) is 10.2 Å². The van der Waals surface area contributed by atoms with Crippen molar-refractivity contribution in [3.05, 3.63) is 51.5 Å². The van der Waals surface area contributed by atoms with Gasteiger partial charge in [-0.2, -0.15) is 0 Å². The topological polar surface area (TPSA) is 67.9 Å². The largest absolute Gasteiger partial charge is 0.454 e. The van der Waals surface area contributed by atoms with Crippen molar-refractivity contribution < 1.29 is 19.1 Å². The standard InChI is InChI=1S/C19H16BrClN2O4/c20-12-1-3-15(21)14(6-12)19(25)22-8-11-5-18(24)23(9-11)13-2-4-16-17(7-13)27-10-26-16/h1-4,6-7,11H,5,8-10H2,(H,22,25). The molecule has 2 aromatic carbocycles. The zero-order chi connectivity index (χ0) is 19.0. The van der Waals surface area contributed by atoms with Crippen molar-refractivity contribution in [2.75, 3.05) is 24.8 Å². The van der Waals surface area contributed by atoms with Crippen molar-refractivity contribution in [1.82, 2.24) is 5.32 Å². The first-order valence-electron chi connectivity index (χ1n) is 8.44. The van der Waals surface area contributed by atoms with Gasteiger partial charge < -0.3 is 19.7 Å². The lowest BCUT2D eigenvalue weighted by molar-refractivity contribution is -0.117. The van der Waals surface area contributed by atoms with Gasteiger partial charge in [-0.05, 0) is 30.3 Å². The molecule has 0 aliphatic carbocycles. The Morgan fingerprint density at radius 3 is 2.89 bits per heavy atom. The first kappa shape index (κ1) is 18.1. The molecule has 6 nitrogen and oxygen atoms in total. The summed E-state index contributed by atoms with van der Waals surface area (Å²) in [5.41, 5.74) is 1.18. The summed E-state index contributed by atoms with van der Waals surface area (Å²) in [7, 11) is 0. The minimum Gasteiger partial charge on any atom is -0.454 e. The number of nitrogens with one attached hydrogen (secondary N) is 1. The van der Waals surface area contributed by atoms with Crippen molar-refractivity contribution in [2.45, 2.75) is 6.42 Å². The second-order valence-electron chi connectivity index (χ2n) is 6.45. The Morgan fingerprint density at radius 2 is 2.04 bits per heavy atom. The lowest BCUT2D eigenvalue weighted by atomic mass is 10.1. The fourth-order valence-electron chi connectivity index (χ4n) is 3.22.